The van der Waals surface area contributed by atoms with Gasteiger partial charge in [-0.15, -0.1) is 11.3 Å². The van der Waals surface area contributed by atoms with Crippen molar-refractivity contribution >= 4 is 49.3 Å². The molecule has 0 amide bonds. The molecule has 5 rings (SSSR count). The SMILES string of the molecule is Cc1ccc(C)c(C(=O)CSc2nc3c(sc4ncccc43)c(=O)n2C[C@H]2CCCO2)c1. The molecule has 0 saturated carbocycles. The number of rotatable bonds is 6. The second-order valence-electron chi connectivity index (χ2n) is 8.11. The maximum Gasteiger partial charge on any atom is 0.272 e. The van der Waals surface area contributed by atoms with Crippen LogP contribution in [0.25, 0.3) is 20.4 Å². The molecule has 1 aliphatic heterocycles. The summed E-state index contributed by atoms with van der Waals surface area (Å²) in [6.07, 6.45) is 3.63. The van der Waals surface area contributed by atoms with E-state index < -0.39 is 0 Å². The molecule has 8 heteroatoms. The smallest absolute Gasteiger partial charge is 0.272 e. The molecule has 4 heterocycles. The summed E-state index contributed by atoms with van der Waals surface area (Å²) in [6.45, 7) is 5.09. The third-order valence-corrected chi connectivity index (χ3v) is 7.82. The first-order chi connectivity index (χ1) is 15.5. The van der Waals surface area contributed by atoms with Crippen molar-refractivity contribution in [2.45, 2.75) is 44.5 Å². The first kappa shape index (κ1) is 21.3. The Morgan fingerprint density at radius 1 is 1.31 bits per heavy atom. The van der Waals surface area contributed by atoms with Gasteiger partial charge in [0.1, 0.15) is 9.53 Å². The second-order valence-corrected chi connectivity index (χ2v) is 10.1. The van der Waals surface area contributed by atoms with E-state index in [1.807, 2.05) is 44.2 Å². The zero-order valence-corrected chi connectivity index (χ0v) is 19.6. The zero-order valence-electron chi connectivity index (χ0n) is 18.0. The Bertz CT molecular complexity index is 1390. The topological polar surface area (TPSA) is 74.1 Å². The number of Topliss-reactive ketones (excluding diaryl/α,β-unsaturated/α-hetero) is 1. The van der Waals surface area contributed by atoms with Crippen LogP contribution in [0.5, 0.6) is 0 Å². The first-order valence-electron chi connectivity index (χ1n) is 10.6. The molecule has 1 saturated heterocycles. The van der Waals surface area contributed by atoms with Gasteiger partial charge in [0.05, 0.1) is 23.9 Å². The van der Waals surface area contributed by atoms with Crippen molar-refractivity contribution in [3.05, 3.63) is 63.6 Å². The summed E-state index contributed by atoms with van der Waals surface area (Å²) in [5, 5.41) is 1.43. The number of ether oxygens (including phenoxy) is 1. The highest BCUT2D eigenvalue weighted by atomic mass is 32.2. The highest BCUT2D eigenvalue weighted by Crippen LogP contribution is 2.31. The fraction of sp³-hybridized carbons (Fsp3) is 0.333. The molecule has 0 spiro atoms. The summed E-state index contributed by atoms with van der Waals surface area (Å²) < 4.78 is 8.08. The molecule has 1 atom stereocenters. The van der Waals surface area contributed by atoms with Crippen molar-refractivity contribution in [2.75, 3.05) is 12.4 Å². The quantitative estimate of drug-likeness (QED) is 0.232. The van der Waals surface area contributed by atoms with E-state index in [0.717, 1.165) is 46.4 Å². The molecular formula is C24H23N3O3S2. The van der Waals surface area contributed by atoms with E-state index in [-0.39, 0.29) is 23.2 Å². The van der Waals surface area contributed by atoms with Crippen molar-refractivity contribution in [3.63, 3.8) is 0 Å². The number of aromatic nitrogens is 3. The maximum atomic E-state index is 13.5. The van der Waals surface area contributed by atoms with E-state index in [4.69, 9.17) is 9.72 Å². The van der Waals surface area contributed by atoms with Crippen molar-refractivity contribution < 1.29 is 9.53 Å². The van der Waals surface area contributed by atoms with Gasteiger partial charge in [0, 0.05) is 23.8 Å². The number of hydrogen-bond donors (Lipinski definition) is 0. The summed E-state index contributed by atoms with van der Waals surface area (Å²) in [5.41, 5.74) is 3.30. The predicted octanol–water partition coefficient (Wildman–Crippen LogP) is 4.78. The van der Waals surface area contributed by atoms with E-state index >= 15 is 0 Å². The number of thiophene rings is 1. The second kappa shape index (κ2) is 8.77. The number of nitrogens with zero attached hydrogens (tertiary/aromatic N) is 3. The van der Waals surface area contributed by atoms with Crippen LogP contribution in [0.3, 0.4) is 0 Å². The highest BCUT2D eigenvalue weighted by Gasteiger charge is 2.23. The van der Waals surface area contributed by atoms with Crippen LogP contribution in [-0.4, -0.2) is 38.8 Å². The van der Waals surface area contributed by atoms with Gasteiger partial charge in [-0.2, -0.15) is 0 Å². The fourth-order valence-electron chi connectivity index (χ4n) is 4.05. The van der Waals surface area contributed by atoms with E-state index in [9.17, 15) is 9.59 Å². The zero-order chi connectivity index (χ0) is 22.2. The summed E-state index contributed by atoms with van der Waals surface area (Å²) in [6, 6.07) is 9.68. The Morgan fingerprint density at radius 2 is 2.19 bits per heavy atom. The Labute approximate surface area is 193 Å². The largest absolute Gasteiger partial charge is 0.376 e. The van der Waals surface area contributed by atoms with Crippen LogP contribution in [0.2, 0.25) is 0 Å². The third-order valence-electron chi connectivity index (χ3n) is 5.75. The van der Waals surface area contributed by atoms with Gasteiger partial charge in [-0.1, -0.05) is 29.5 Å². The van der Waals surface area contributed by atoms with Crippen molar-refractivity contribution in [1.29, 1.82) is 0 Å². The Morgan fingerprint density at radius 3 is 3.00 bits per heavy atom. The molecule has 0 aliphatic carbocycles. The van der Waals surface area contributed by atoms with Gasteiger partial charge in [-0.05, 0) is 50.5 Å². The molecule has 1 aliphatic rings. The van der Waals surface area contributed by atoms with Crippen molar-refractivity contribution in [3.8, 4) is 0 Å². The fourth-order valence-corrected chi connectivity index (χ4v) is 5.96. The van der Waals surface area contributed by atoms with Gasteiger partial charge in [-0.25, -0.2) is 9.97 Å². The van der Waals surface area contributed by atoms with Gasteiger partial charge in [-0.3, -0.25) is 14.2 Å². The average molecular weight is 466 g/mol. The van der Waals surface area contributed by atoms with Crippen LogP contribution >= 0.6 is 23.1 Å². The van der Waals surface area contributed by atoms with E-state index in [1.54, 1.807) is 10.8 Å². The Balaban J connectivity index is 1.54. The average Bonchev–Trinajstić information content (AvgIpc) is 3.44. The lowest BCUT2D eigenvalue weighted by Gasteiger charge is -2.15. The highest BCUT2D eigenvalue weighted by molar-refractivity contribution is 7.99. The number of thioether (sulfide) groups is 1. The number of pyridine rings is 1. The van der Waals surface area contributed by atoms with E-state index in [0.29, 0.717) is 21.9 Å². The van der Waals surface area contributed by atoms with E-state index in [1.165, 1.54) is 23.1 Å². The van der Waals surface area contributed by atoms with E-state index in [2.05, 4.69) is 4.98 Å². The molecule has 0 bridgehead atoms. The first-order valence-corrected chi connectivity index (χ1v) is 12.4. The number of aryl methyl sites for hydroxylation is 2. The normalized spacial score (nSPS) is 16.2. The van der Waals surface area contributed by atoms with Crippen LogP contribution in [0.15, 0.2) is 46.5 Å². The van der Waals surface area contributed by atoms with Crippen LogP contribution < -0.4 is 5.56 Å². The molecule has 4 aromatic rings. The lowest BCUT2D eigenvalue weighted by Crippen LogP contribution is -2.28. The third kappa shape index (κ3) is 3.98. The number of carbonyl (C=O) groups is 1. The summed E-state index contributed by atoms with van der Waals surface area (Å²) >= 11 is 2.69. The van der Waals surface area contributed by atoms with Gasteiger partial charge in [0.25, 0.3) is 5.56 Å². The molecule has 164 valence electrons. The summed E-state index contributed by atoms with van der Waals surface area (Å²) in [4.78, 5) is 36.5. The van der Waals surface area contributed by atoms with Crippen LogP contribution in [-0.2, 0) is 11.3 Å². The number of hydrogen-bond acceptors (Lipinski definition) is 7. The minimum atomic E-state index is -0.0878. The standard InChI is InChI=1S/C24H23N3O3S2/c1-14-7-8-15(2)18(11-14)19(28)13-31-24-26-20-17-6-3-9-25-22(17)32-21(20)23(29)27(24)12-16-5-4-10-30-16/h3,6-9,11,16H,4-5,10,12-13H2,1-2H3/t16-/m1/s1. The lowest BCUT2D eigenvalue weighted by molar-refractivity contribution is 0.0938. The van der Waals surface area contributed by atoms with Gasteiger partial charge in [0.15, 0.2) is 10.9 Å². The van der Waals surface area contributed by atoms with Gasteiger partial charge in [0.2, 0.25) is 0 Å². The molecular weight excluding hydrogens is 442 g/mol. The number of ketones is 1. The molecule has 3 aromatic heterocycles. The number of benzene rings is 1. The summed E-state index contributed by atoms with van der Waals surface area (Å²) in [7, 11) is 0. The minimum absolute atomic E-state index is 0.00600. The Kier molecular flexibility index (Phi) is 5.84. The van der Waals surface area contributed by atoms with Crippen LogP contribution in [0.1, 0.15) is 34.3 Å². The van der Waals surface area contributed by atoms with Gasteiger partial charge < -0.3 is 4.74 Å². The number of carbonyl (C=O) groups excluding carboxylic acids is 1. The van der Waals surface area contributed by atoms with Crippen LogP contribution in [0, 0.1) is 13.8 Å². The molecule has 6 nitrogen and oxygen atoms in total. The molecule has 1 fully saturated rings. The maximum absolute atomic E-state index is 13.5. The molecule has 32 heavy (non-hydrogen) atoms. The molecule has 0 N–H and O–H groups in total. The lowest BCUT2D eigenvalue weighted by atomic mass is 10.0. The van der Waals surface area contributed by atoms with Gasteiger partial charge >= 0.3 is 0 Å². The van der Waals surface area contributed by atoms with Crippen molar-refractivity contribution in [1.82, 2.24) is 14.5 Å². The molecule has 0 radical (unpaired) electrons. The number of fused-ring (bicyclic) bond motifs is 3. The Hall–Kier alpha value is -2.55. The van der Waals surface area contributed by atoms with Crippen molar-refractivity contribution in [2.24, 2.45) is 0 Å². The minimum Gasteiger partial charge on any atom is -0.376 e. The predicted molar refractivity (Wildman–Crippen MR) is 129 cm³/mol. The monoisotopic (exact) mass is 465 g/mol. The summed E-state index contributed by atoms with van der Waals surface area (Å²) in [5.74, 6) is 0.250. The molecule has 1 aromatic carbocycles. The molecule has 0 unspecified atom stereocenters. The van der Waals surface area contributed by atoms with Crippen LogP contribution in [0.4, 0.5) is 0 Å².